The third kappa shape index (κ3) is 5.04. The molecule has 0 aliphatic heterocycles. The average Bonchev–Trinajstić information content (AvgIpc) is 2.46. The molecule has 1 unspecified atom stereocenters. The van der Waals surface area contributed by atoms with Gasteiger partial charge in [0.15, 0.2) is 5.75 Å². The van der Waals surface area contributed by atoms with Crippen LogP contribution in [-0.4, -0.2) is 24.1 Å². The predicted octanol–water partition coefficient (Wildman–Crippen LogP) is 2.95. The summed E-state index contributed by atoms with van der Waals surface area (Å²) in [6.45, 7) is 4.11. The second kappa shape index (κ2) is 7.60. The lowest BCUT2D eigenvalue weighted by molar-refractivity contribution is -0.385. The van der Waals surface area contributed by atoms with Crippen LogP contribution in [0.4, 0.5) is 5.69 Å². The number of nitro benzene ring substituents is 1. The van der Waals surface area contributed by atoms with Crippen LogP contribution in [0.3, 0.4) is 0 Å². The molecule has 21 heavy (non-hydrogen) atoms. The summed E-state index contributed by atoms with van der Waals surface area (Å²) < 4.78 is 5.52. The van der Waals surface area contributed by atoms with E-state index in [1.807, 2.05) is 13.8 Å². The number of benzene rings is 1. The highest BCUT2D eigenvalue weighted by Gasteiger charge is 2.20. The molecule has 0 aliphatic carbocycles. The molecule has 1 aromatic rings. The van der Waals surface area contributed by atoms with Crippen LogP contribution >= 0.6 is 0 Å². The number of hydrogen-bond donors (Lipinski definition) is 1. The Morgan fingerprint density at radius 3 is 2.76 bits per heavy atom. The standard InChI is InChI=1S/C15H21N3O3/c1-12-6-7-13(18(19)20)14(10-12)21-9-5-4-8-15(2,11-16)17-3/h6-7,10,17H,4-5,8-9H2,1-3H3. The number of nitro groups is 1. The van der Waals surface area contributed by atoms with Gasteiger partial charge in [0.2, 0.25) is 0 Å². The Bertz CT molecular complexity index is 539. The van der Waals surface area contributed by atoms with E-state index in [4.69, 9.17) is 10.00 Å². The Morgan fingerprint density at radius 1 is 1.48 bits per heavy atom. The smallest absolute Gasteiger partial charge is 0.310 e. The largest absolute Gasteiger partial charge is 0.487 e. The fourth-order valence-corrected chi connectivity index (χ4v) is 1.89. The van der Waals surface area contributed by atoms with Gasteiger partial charge < -0.3 is 10.1 Å². The fourth-order valence-electron chi connectivity index (χ4n) is 1.89. The lowest BCUT2D eigenvalue weighted by Crippen LogP contribution is -2.37. The van der Waals surface area contributed by atoms with Gasteiger partial charge in [-0.3, -0.25) is 10.1 Å². The van der Waals surface area contributed by atoms with E-state index in [1.54, 1.807) is 19.2 Å². The number of nitriles is 1. The first-order valence-corrected chi connectivity index (χ1v) is 6.90. The van der Waals surface area contributed by atoms with E-state index in [0.717, 1.165) is 18.4 Å². The molecule has 1 atom stereocenters. The molecule has 0 saturated heterocycles. The number of rotatable bonds is 8. The molecule has 1 rings (SSSR count). The highest BCUT2D eigenvalue weighted by molar-refractivity contribution is 5.48. The second-order valence-corrected chi connectivity index (χ2v) is 5.23. The molecule has 1 aromatic carbocycles. The molecule has 6 nitrogen and oxygen atoms in total. The molecule has 0 aliphatic rings. The Hall–Kier alpha value is -2.13. The minimum Gasteiger partial charge on any atom is -0.487 e. The molecule has 0 saturated carbocycles. The zero-order chi connectivity index (χ0) is 15.9. The summed E-state index contributed by atoms with van der Waals surface area (Å²) in [7, 11) is 1.76. The molecule has 0 radical (unpaired) electrons. The van der Waals surface area contributed by atoms with Gasteiger partial charge in [-0.05, 0) is 51.8 Å². The van der Waals surface area contributed by atoms with Crippen molar-refractivity contribution in [1.29, 1.82) is 5.26 Å². The van der Waals surface area contributed by atoms with Crippen LogP contribution in [0.25, 0.3) is 0 Å². The van der Waals surface area contributed by atoms with Gasteiger partial charge in [0.25, 0.3) is 0 Å². The van der Waals surface area contributed by atoms with E-state index >= 15 is 0 Å². The van der Waals surface area contributed by atoms with Gasteiger partial charge in [-0.1, -0.05) is 6.07 Å². The summed E-state index contributed by atoms with van der Waals surface area (Å²) >= 11 is 0. The first kappa shape index (κ1) is 16.9. The van der Waals surface area contributed by atoms with Crippen molar-refractivity contribution in [2.75, 3.05) is 13.7 Å². The van der Waals surface area contributed by atoms with Crippen LogP contribution in [-0.2, 0) is 0 Å². The van der Waals surface area contributed by atoms with Crippen molar-refractivity contribution < 1.29 is 9.66 Å². The third-order valence-corrected chi connectivity index (χ3v) is 3.44. The highest BCUT2D eigenvalue weighted by atomic mass is 16.6. The summed E-state index contributed by atoms with van der Waals surface area (Å²) in [4.78, 5) is 10.5. The van der Waals surface area contributed by atoms with Crippen molar-refractivity contribution in [3.8, 4) is 11.8 Å². The van der Waals surface area contributed by atoms with Crippen LogP contribution in [0.1, 0.15) is 31.7 Å². The molecule has 0 bridgehead atoms. The summed E-state index contributed by atoms with van der Waals surface area (Å²) in [5.41, 5.74) is 0.371. The summed E-state index contributed by atoms with van der Waals surface area (Å²) in [5.74, 6) is 0.302. The second-order valence-electron chi connectivity index (χ2n) is 5.23. The maximum Gasteiger partial charge on any atom is 0.310 e. The Kier molecular flexibility index (Phi) is 6.12. The summed E-state index contributed by atoms with van der Waals surface area (Å²) in [5, 5.41) is 22.9. The maximum absolute atomic E-state index is 10.9. The SMILES string of the molecule is CNC(C)(C#N)CCCCOc1cc(C)ccc1[N+](=O)[O-]. The molecule has 1 N–H and O–H groups in total. The van der Waals surface area contributed by atoms with Gasteiger partial charge in [0.1, 0.15) is 5.54 Å². The van der Waals surface area contributed by atoms with Gasteiger partial charge >= 0.3 is 5.69 Å². The molecular weight excluding hydrogens is 270 g/mol. The van der Waals surface area contributed by atoms with Crippen molar-refractivity contribution in [2.24, 2.45) is 0 Å². The van der Waals surface area contributed by atoms with Crippen molar-refractivity contribution in [3.05, 3.63) is 33.9 Å². The number of nitrogens with one attached hydrogen (secondary N) is 1. The minimum atomic E-state index is -0.532. The lowest BCUT2D eigenvalue weighted by atomic mass is 9.97. The first-order chi connectivity index (χ1) is 9.91. The molecule has 0 aromatic heterocycles. The van der Waals surface area contributed by atoms with Crippen LogP contribution in [0, 0.1) is 28.4 Å². The lowest BCUT2D eigenvalue weighted by Gasteiger charge is -2.20. The molecule has 6 heteroatoms. The zero-order valence-electron chi connectivity index (χ0n) is 12.7. The van der Waals surface area contributed by atoms with Crippen LogP contribution in [0.5, 0.6) is 5.75 Å². The summed E-state index contributed by atoms with van der Waals surface area (Å²) in [6, 6.07) is 7.05. The molecule has 0 spiro atoms. The van der Waals surface area contributed by atoms with Crippen molar-refractivity contribution in [1.82, 2.24) is 5.32 Å². The van der Waals surface area contributed by atoms with Crippen molar-refractivity contribution in [3.63, 3.8) is 0 Å². The van der Waals surface area contributed by atoms with Crippen molar-refractivity contribution in [2.45, 2.75) is 38.6 Å². The van der Waals surface area contributed by atoms with Gasteiger partial charge in [0.05, 0.1) is 17.6 Å². The first-order valence-electron chi connectivity index (χ1n) is 6.90. The molecule has 0 heterocycles. The number of unbranched alkanes of at least 4 members (excludes halogenated alkanes) is 1. The number of hydrogen-bond acceptors (Lipinski definition) is 5. The van der Waals surface area contributed by atoms with E-state index < -0.39 is 10.5 Å². The third-order valence-electron chi connectivity index (χ3n) is 3.44. The van der Waals surface area contributed by atoms with Gasteiger partial charge in [-0.15, -0.1) is 0 Å². The van der Waals surface area contributed by atoms with Gasteiger partial charge in [0, 0.05) is 6.07 Å². The van der Waals surface area contributed by atoms with E-state index in [9.17, 15) is 10.1 Å². The fraction of sp³-hybridized carbons (Fsp3) is 0.533. The zero-order valence-corrected chi connectivity index (χ0v) is 12.7. The van der Waals surface area contributed by atoms with E-state index in [-0.39, 0.29) is 5.69 Å². The van der Waals surface area contributed by atoms with Gasteiger partial charge in [-0.2, -0.15) is 5.26 Å². The van der Waals surface area contributed by atoms with Crippen LogP contribution in [0.15, 0.2) is 18.2 Å². The predicted molar refractivity (Wildman–Crippen MR) is 80.3 cm³/mol. The minimum absolute atomic E-state index is 0.0160. The molecular formula is C15H21N3O3. The number of aryl methyl sites for hydroxylation is 1. The Labute approximate surface area is 124 Å². The van der Waals surface area contributed by atoms with E-state index in [0.29, 0.717) is 18.8 Å². The average molecular weight is 291 g/mol. The van der Waals surface area contributed by atoms with Crippen LogP contribution < -0.4 is 10.1 Å². The van der Waals surface area contributed by atoms with Crippen molar-refractivity contribution >= 4 is 5.69 Å². The quantitative estimate of drug-likeness (QED) is 0.452. The Morgan fingerprint density at radius 2 is 2.19 bits per heavy atom. The molecule has 0 fully saturated rings. The van der Waals surface area contributed by atoms with E-state index in [1.165, 1.54) is 6.07 Å². The van der Waals surface area contributed by atoms with Crippen LogP contribution in [0.2, 0.25) is 0 Å². The number of ether oxygens (including phenoxy) is 1. The summed E-state index contributed by atoms with van der Waals surface area (Å²) in [6.07, 6.45) is 2.26. The molecule has 0 amide bonds. The maximum atomic E-state index is 10.9. The van der Waals surface area contributed by atoms with E-state index in [2.05, 4.69) is 11.4 Å². The van der Waals surface area contributed by atoms with Gasteiger partial charge in [-0.25, -0.2) is 0 Å². The topological polar surface area (TPSA) is 88.2 Å². The normalized spacial score (nSPS) is 13.2. The monoisotopic (exact) mass is 291 g/mol. The Balaban J connectivity index is 2.49. The number of nitrogens with zero attached hydrogens (tertiary/aromatic N) is 2. The highest BCUT2D eigenvalue weighted by Crippen LogP contribution is 2.28. The molecule has 114 valence electrons.